The molecule has 0 spiro atoms. The molecule has 0 radical (unpaired) electrons. The zero-order chi connectivity index (χ0) is 18.0. The Hall–Kier alpha value is -2.54. The van der Waals surface area contributed by atoms with Gasteiger partial charge in [-0.3, -0.25) is 9.59 Å². The molecule has 1 aromatic carbocycles. The summed E-state index contributed by atoms with van der Waals surface area (Å²) in [6.45, 7) is 0.401. The average molecular weight is 347 g/mol. The molecule has 2 bridgehead atoms. The van der Waals surface area contributed by atoms with Crippen LogP contribution in [0.1, 0.15) is 5.56 Å². The van der Waals surface area contributed by atoms with Gasteiger partial charge in [0.15, 0.2) is 11.5 Å². The first kappa shape index (κ1) is 17.3. The second-order valence-corrected chi connectivity index (χ2v) is 6.07. The van der Waals surface area contributed by atoms with E-state index >= 15 is 0 Å². The van der Waals surface area contributed by atoms with E-state index in [4.69, 9.17) is 14.2 Å². The van der Waals surface area contributed by atoms with Gasteiger partial charge in [-0.2, -0.15) is 0 Å². The molecule has 134 valence electrons. The minimum atomic E-state index is -1.00. The molecule has 3 rings (SSSR count). The number of aliphatic carboxylic acids is 1. The Bertz CT molecular complexity index is 701. The predicted molar refractivity (Wildman–Crippen MR) is 88.7 cm³/mol. The maximum absolute atomic E-state index is 12.4. The highest BCUT2D eigenvalue weighted by Gasteiger charge is 2.53. The lowest BCUT2D eigenvalue weighted by atomic mass is 9.82. The predicted octanol–water partition coefficient (Wildman–Crippen LogP) is 1.02. The maximum atomic E-state index is 12.4. The first-order valence-electron chi connectivity index (χ1n) is 8.10. The van der Waals surface area contributed by atoms with Crippen molar-refractivity contribution in [2.75, 3.05) is 20.8 Å². The van der Waals surface area contributed by atoms with Gasteiger partial charge in [0, 0.05) is 6.54 Å². The molecule has 1 amide bonds. The summed E-state index contributed by atoms with van der Waals surface area (Å²) in [4.78, 5) is 23.8. The normalized spacial score (nSPS) is 26.5. The topological polar surface area (TPSA) is 94.1 Å². The van der Waals surface area contributed by atoms with Gasteiger partial charge < -0.3 is 24.6 Å². The Morgan fingerprint density at radius 2 is 1.80 bits per heavy atom. The van der Waals surface area contributed by atoms with Crippen LogP contribution in [-0.2, 0) is 20.7 Å². The number of carboxylic acid groups (broad SMARTS) is 1. The first-order chi connectivity index (χ1) is 12.0. The lowest BCUT2D eigenvalue weighted by molar-refractivity contribution is -0.146. The van der Waals surface area contributed by atoms with E-state index in [1.165, 1.54) is 0 Å². The van der Waals surface area contributed by atoms with E-state index < -0.39 is 30.0 Å². The van der Waals surface area contributed by atoms with E-state index in [-0.39, 0.29) is 5.91 Å². The lowest BCUT2D eigenvalue weighted by Gasteiger charge is -2.21. The number of hydrogen-bond donors (Lipinski definition) is 2. The van der Waals surface area contributed by atoms with Gasteiger partial charge in [-0.1, -0.05) is 18.2 Å². The fourth-order valence-electron chi connectivity index (χ4n) is 3.40. The number of amides is 1. The molecule has 2 aliphatic heterocycles. The molecule has 2 N–H and O–H groups in total. The van der Waals surface area contributed by atoms with Crippen molar-refractivity contribution in [3.05, 3.63) is 35.9 Å². The minimum absolute atomic E-state index is 0.287. The number of carbonyl (C=O) groups excluding carboxylic acids is 1. The van der Waals surface area contributed by atoms with Crippen molar-refractivity contribution in [1.29, 1.82) is 0 Å². The number of carbonyl (C=O) groups is 2. The molecule has 2 aliphatic rings. The summed E-state index contributed by atoms with van der Waals surface area (Å²) in [6.07, 6.45) is 3.12. The molecule has 7 nitrogen and oxygen atoms in total. The van der Waals surface area contributed by atoms with Gasteiger partial charge in [-0.05, 0) is 24.1 Å². The number of fused-ring (bicyclic) bond motifs is 2. The van der Waals surface area contributed by atoms with Crippen LogP contribution >= 0.6 is 0 Å². The van der Waals surface area contributed by atoms with E-state index in [0.717, 1.165) is 5.56 Å². The minimum Gasteiger partial charge on any atom is -0.493 e. The number of nitrogens with one attached hydrogen (secondary N) is 1. The highest BCUT2D eigenvalue weighted by atomic mass is 16.5. The number of carboxylic acids is 1. The van der Waals surface area contributed by atoms with Gasteiger partial charge in [-0.25, -0.2) is 0 Å². The van der Waals surface area contributed by atoms with Gasteiger partial charge in [0.05, 0.1) is 32.3 Å². The molecule has 1 saturated heterocycles. The second-order valence-electron chi connectivity index (χ2n) is 6.07. The standard InChI is InChI=1S/C18H21NO6/c1-23-11-4-3-10(9-14(11)24-2)7-8-19-17(20)15-12-5-6-13(25-12)16(15)18(21)22/h3-6,9,12-13,15-16H,7-8H2,1-2H3,(H,19,20)(H,21,22)/t12-,13+,15-,16+/m1/s1. The van der Waals surface area contributed by atoms with Gasteiger partial charge in [-0.15, -0.1) is 0 Å². The Morgan fingerprint density at radius 1 is 1.12 bits per heavy atom. The summed E-state index contributed by atoms with van der Waals surface area (Å²) in [5.74, 6) is -1.52. The molecule has 1 fully saturated rings. The molecule has 25 heavy (non-hydrogen) atoms. The molecule has 1 aromatic rings. The Balaban J connectivity index is 1.58. The van der Waals surface area contributed by atoms with Crippen LogP contribution in [0.2, 0.25) is 0 Å². The van der Waals surface area contributed by atoms with Gasteiger partial charge in [0.2, 0.25) is 5.91 Å². The summed E-state index contributed by atoms with van der Waals surface area (Å²) < 4.78 is 16.0. The Labute approximate surface area is 145 Å². The fraction of sp³-hybridized carbons (Fsp3) is 0.444. The third-order valence-electron chi connectivity index (χ3n) is 4.65. The molecule has 0 aliphatic carbocycles. The fourth-order valence-corrected chi connectivity index (χ4v) is 3.40. The molecule has 7 heteroatoms. The van der Waals surface area contributed by atoms with Crippen LogP contribution in [0, 0.1) is 11.8 Å². The van der Waals surface area contributed by atoms with E-state index in [1.54, 1.807) is 26.4 Å². The van der Waals surface area contributed by atoms with Crippen molar-refractivity contribution in [3.8, 4) is 11.5 Å². The van der Waals surface area contributed by atoms with Crippen molar-refractivity contribution in [3.63, 3.8) is 0 Å². The van der Waals surface area contributed by atoms with Crippen LogP contribution < -0.4 is 14.8 Å². The van der Waals surface area contributed by atoms with Crippen LogP contribution in [0.25, 0.3) is 0 Å². The molecule has 0 saturated carbocycles. The third-order valence-corrected chi connectivity index (χ3v) is 4.65. The second kappa shape index (κ2) is 7.14. The van der Waals surface area contributed by atoms with Gasteiger partial charge in [0.1, 0.15) is 5.92 Å². The quantitative estimate of drug-likeness (QED) is 0.715. The van der Waals surface area contributed by atoms with E-state index in [0.29, 0.717) is 24.5 Å². The van der Waals surface area contributed by atoms with E-state index in [9.17, 15) is 14.7 Å². The SMILES string of the molecule is COc1ccc(CCNC(=O)[C@H]2[C@@H](C(=O)O)[C@@H]3C=C[C@H]2O3)cc1OC. The number of rotatable bonds is 7. The zero-order valence-corrected chi connectivity index (χ0v) is 14.1. The van der Waals surface area contributed by atoms with E-state index in [2.05, 4.69) is 5.32 Å². The largest absolute Gasteiger partial charge is 0.493 e. The Kier molecular flexibility index (Phi) is 4.94. The monoisotopic (exact) mass is 347 g/mol. The molecule has 0 aromatic heterocycles. The molecular weight excluding hydrogens is 326 g/mol. The van der Waals surface area contributed by atoms with Crippen molar-refractivity contribution >= 4 is 11.9 Å². The summed E-state index contributed by atoms with van der Waals surface area (Å²) in [6, 6.07) is 5.57. The van der Waals surface area contributed by atoms with Crippen molar-refractivity contribution in [2.24, 2.45) is 11.8 Å². The lowest BCUT2D eigenvalue weighted by Crippen LogP contribution is -2.43. The molecule has 2 heterocycles. The van der Waals surface area contributed by atoms with Crippen LogP contribution in [0.5, 0.6) is 11.5 Å². The average Bonchev–Trinajstić information content (AvgIpc) is 3.22. The van der Waals surface area contributed by atoms with Crippen molar-refractivity contribution in [1.82, 2.24) is 5.32 Å². The van der Waals surface area contributed by atoms with Crippen LogP contribution in [0.3, 0.4) is 0 Å². The highest BCUT2D eigenvalue weighted by molar-refractivity contribution is 5.87. The summed E-state index contributed by atoms with van der Waals surface area (Å²) in [5, 5.41) is 12.2. The van der Waals surface area contributed by atoms with Gasteiger partial charge in [0.25, 0.3) is 0 Å². The molecule has 0 unspecified atom stereocenters. The first-order valence-corrected chi connectivity index (χ1v) is 8.10. The van der Waals surface area contributed by atoms with Gasteiger partial charge >= 0.3 is 5.97 Å². The number of ether oxygens (including phenoxy) is 3. The third kappa shape index (κ3) is 3.32. The summed E-state index contributed by atoms with van der Waals surface area (Å²) in [7, 11) is 3.14. The number of benzene rings is 1. The van der Waals surface area contributed by atoms with Crippen LogP contribution in [-0.4, -0.2) is 50.0 Å². The maximum Gasteiger partial charge on any atom is 0.310 e. The Morgan fingerprint density at radius 3 is 2.44 bits per heavy atom. The molecule has 4 atom stereocenters. The number of hydrogen-bond acceptors (Lipinski definition) is 5. The summed E-state index contributed by atoms with van der Waals surface area (Å²) >= 11 is 0. The number of methoxy groups -OCH3 is 2. The highest BCUT2D eigenvalue weighted by Crippen LogP contribution is 2.39. The van der Waals surface area contributed by atoms with E-state index in [1.807, 2.05) is 18.2 Å². The summed E-state index contributed by atoms with van der Waals surface area (Å²) in [5.41, 5.74) is 0.983. The van der Waals surface area contributed by atoms with Crippen LogP contribution in [0.15, 0.2) is 30.4 Å². The smallest absolute Gasteiger partial charge is 0.310 e. The zero-order valence-electron chi connectivity index (χ0n) is 14.1. The van der Waals surface area contributed by atoms with Crippen molar-refractivity contribution in [2.45, 2.75) is 18.6 Å². The molecular formula is C18H21NO6. The van der Waals surface area contributed by atoms with Crippen molar-refractivity contribution < 1.29 is 28.9 Å². The van der Waals surface area contributed by atoms with Crippen LogP contribution in [0.4, 0.5) is 0 Å².